The monoisotopic (exact) mass is 542 g/mol. The zero-order chi connectivity index (χ0) is 26.0. The van der Waals surface area contributed by atoms with Gasteiger partial charge in [0.25, 0.3) is 5.92 Å². The van der Waals surface area contributed by atoms with Crippen molar-refractivity contribution >= 4 is 40.7 Å². The topological polar surface area (TPSA) is 104 Å². The molecule has 1 aromatic carbocycles. The number of carboxylic acid groups (broad SMARTS) is 1. The molecule has 1 fully saturated rings. The van der Waals surface area contributed by atoms with Crippen molar-refractivity contribution < 1.29 is 32.6 Å². The lowest BCUT2D eigenvalue weighted by atomic mass is 9.93. The Morgan fingerprint density at radius 2 is 2.17 bits per heavy atom. The van der Waals surface area contributed by atoms with Gasteiger partial charge in [-0.3, -0.25) is 14.7 Å². The quantitative estimate of drug-likeness (QED) is 0.509. The average molecular weight is 543 g/mol. The lowest BCUT2D eigenvalue weighted by molar-refractivity contribution is -0.151. The van der Waals surface area contributed by atoms with Crippen molar-refractivity contribution in [3.05, 3.63) is 62.5 Å². The lowest BCUT2D eigenvalue weighted by Crippen LogP contribution is -2.54. The van der Waals surface area contributed by atoms with Crippen molar-refractivity contribution in [2.24, 2.45) is 4.99 Å². The number of ether oxygens (including phenoxy) is 1. The zero-order valence-electron chi connectivity index (χ0n) is 19.0. The third kappa shape index (κ3) is 5.40. The molecule has 0 radical (unpaired) electrons. The smallest absolute Gasteiger partial charge is 0.338 e. The van der Waals surface area contributed by atoms with Gasteiger partial charge in [0.1, 0.15) is 17.9 Å². The molecule has 0 saturated carbocycles. The summed E-state index contributed by atoms with van der Waals surface area (Å²) in [5.41, 5.74) is 0.178. The highest BCUT2D eigenvalue weighted by molar-refractivity contribution is 7.11. The van der Waals surface area contributed by atoms with Gasteiger partial charge in [-0.1, -0.05) is 23.7 Å². The first-order valence-electron chi connectivity index (χ1n) is 11.0. The number of aliphatic imine (C=N–C) groups is 1. The van der Waals surface area contributed by atoms with Crippen LogP contribution in [0.15, 0.2) is 46.0 Å². The van der Waals surface area contributed by atoms with Crippen LogP contribution in [0.1, 0.15) is 36.4 Å². The molecule has 1 aromatic heterocycles. The Morgan fingerprint density at radius 3 is 2.83 bits per heavy atom. The number of carbonyl (C=O) groups is 2. The number of hydrogen-bond acceptors (Lipinski definition) is 8. The van der Waals surface area contributed by atoms with Crippen LogP contribution in [-0.4, -0.2) is 64.4 Å². The second-order valence-corrected chi connectivity index (χ2v) is 9.52. The minimum absolute atomic E-state index is 0.00179. The predicted molar refractivity (Wildman–Crippen MR) is 127 cm³/mol. The molecule has 2 aromatic rings. The van der Waals surface area contributed by atoms with E-state index in [1.54, 1.807) is 12.3 Å². The molecule has 2 N–H and O–H groups in total. The number of rotatable bonds is 7. The molecule has 4 rings (SSSR count). The van der Waals surface area contributed by atoms with Gasteiger partial charge in [0.05, 0.1) is 23.7 Å². The first-order chi connectivity index (χ1) is 17.1. The summed E-state index contributed by atoms with van der Waals surface area (Å²) in [6.07, 6.45) is 0.701. The number of halogens is 4. The number of nitrogens with zero attached hydrogens (tertiary/aromatic N) is 3. The fourth-order valence-corrected chi connectivity index (χ4v) is 5.06. The van der Waals surface area contributed by atoms with Gasteiger partial charge in [0.15, 0.2) is 10.8 Å². The van der Waals surface area contributed by atoms with Crippen molar-refractivity contribution in [2.75, 3.05) is 19.7 Å². The van der Waals surface area contributed by atoms with E-state index in [4.69, 9.17) is 16.3 Å². The molecule has 192 valence electrons. The van der Waals surface area contributed by atoms with Gasteiger partial charge in [0, 0.05) is 35.8 Å². The molecule has 0 aliphatic carbocycles. The van der Waals surface area contributed by atoms with Crippen LogP contribution in [0.2, 0.25) is 5.02 Å². The van der Waals surface area contributed by atoms with Crippen LogP contribution in [0.4, 0.5) is 13.2 Å². The Labute approximate surface area is 213 Å². The molecule has 3 heterocycles. The Hall–Kier alpha value is -2.96. The van der Waals surface area contributed by atoms with Crippen LogP contribution in [0.25, 0.3) is 0 Å². The molecule has 2 aliphatic rings. The average Bonchev–Trinajstić information content (AvgIpc) is 3.35. The van der Waals surface area contributed by atoms with E-state index in [9.17, 15) is 27.9 Å². The lowest BCUT2D eigenvalue weighted by Gasteiger charge is -2.39. The van der Waals surface area contributed by atoms with Crippen LogP contribution in [0, 0.1) is 5.82 Å². The second-order valence-electron chi connectivity index (χ2n) is 8.25. The minimum Gasteiger partial charge on any atom is -0.480 e. The maximum Gasteiger partial charge on any atom is 0.338 e. The van der Waals surface area contributed by atoms with Crippen molar-refractivity contribution in [2.45, 2.75) is 37.8 Å². The summed E-state index contributed by atoms with van der Waals surface area (Å²) < 4.78 is 48.2. The summed E-state index contributed by atoms with van der Waals surface area (Å²) in [7, 11) is 0. The molecule has 0 amide bonds. The number of alkyl halides is 2. The number of benzene rings is 1. The normalized spacial score (nSPS) is 22.1. The first kappa shape index (κ1) is 26.1. The van der Waals surface area contributed by atoms with Gasteiger partial charge in [-0.2, -0.15) is 0 Å². The maximum absolute atomic E-state index is 14.4. The van der Waals surface area contributed by atoms with E-state index in [-0.39, 0.29) is 47.3 Å². The Kier molecular flexibility index (Phi) is 7.67. The molecule has 8 nitrogen and oxygen atoms in total. The number of thiazole rings is 1. The highest BCUT2D eigenvalue weighted by atomic mass is 35.5. The zero-order valence-corrected chi connectivity index (χ0v) is 20.6. The second kappa shape index (κ2) is 10.6. The van der Waals surface area contributed by atoms with Gasteiger partial charge in [-0.15, -0.1) is 11.3 Å². The van der Waals surface area contributed by atoms with Crippen LogP contribution < -0.4 is 5.32 Å². The first-order valence-corrected chi connectivity index (χ1v) is 12.3. The number of carbonyl (C=O) groups excluding carboxylic acids is 1. The predicted octanol–water partition coefficient (Wildman–Crippen LogP) is 4.03. The van der Waals surface area contributed by atoms with Gasteiger partial charge in [-0.05, 0) is 19.4 Å². The van der Waals surface area contributed by atoms with E-state index in [0.29, 0.717) is 5.01 Å². The van der Waals surface area contributed by atoms with Gasteiger partial charge < -0.3 is 15.2 Å². The van der Waals surface area contributed by atoms with Crippen molar-refractivity contribution in [3.63, 3.8) is 0 Å². The molecule has 2 atom stereocenters. The molecular formula is C23H22ClF3N4O4S. The number of esters is 1. The molecule has 2 aliphatic heterocycles. The molecule has 0 bridgehead atoms. The summed E-state index contributed by atoms with van der Waals surface area (Å²) in [6, 6.07) is 1.71. The molecule has 0 spiro atoms. The van der Waals surface area contributed by atoms with E-state index in [1.807, 2.05) is 0 Å². The number of hydrogen-bond donors (Lipinski definition) is 2. The summed E-state index contributed by atoms with van der Waals surface area (Å²) >= 11 is 7.48. The highest BCUT2D eigenvalue weighted by Crippen LogP contribution is 2.38. The number of likely N-dealkylation sites (tertiary alicyclic amines) is 1. The number of aromatic nitrogens is 1. The molecule has 13 heteroatoms. The van der Waals surface area contributed by atoms with E-state index in [1.165, 1.54) is 29.7 Å². The SMILES string of the molecule is CCOC(=O)C1=C(CN2CC(F)(F)CCC2C(=O)O)NC(c2nccs2)=N[C@H]1c1cccc(F)c1Cl. The Morgan fingerprint density at radius 1 is 1.39 bits per heavy atom. The standard InChI is InChI=1S/C23H22ClF3N4O4S/c1-2-35-22(34)16-14(10-31-11-23(26,27)7-6-15(31)21(32)33)29-19(20-28-8-9-36-20)30-18(16)12-4-3-5-13(25)17(12)24/h3-5,8-9,15,18H,2,6-7,10-11H2,1H3,(H,29,30)(H,32,33)/t15?,18-/m0/s1. The fourth-order valence-electron chi connectivity index (χ4n) is 4.24. The van der Waals surface area contributed by atoms with Crippen LogP contribution in [-0.2, 0) is 14.3 Å². The van der Waals surface area contributed by atoms with Crippen LogP contribution >= 0.6 is 22.9 Å². The van der Waals surface area contributed by atoms with Gasteiger partial charge in [-0.25, -0.2) is 22.9 Å². The number of nitrogens with one attached hydrogen (secondary N) is 1. The van der Waals surface area contributed by atoms with E-state index >= 15 is 0 Å². The largest absolute Gasteiger partial charge is 0.480 e. The summed E-state index contributed by atoms with van der Waals surface area (Å²) in [4.78, 5) is 34.9. The van der Waals surface area contributed by atoms with Crippen molar-refractivity contribution in [1.82, 2.24) is 15.2 Å². The maximum atomic E-state index is 14.4. The van der Waals surface area contributed by atoms with Crippen molar-refractivity contribution in [3.8, 4) is 0 Å². The van der Waals surface area contributed by atoms with E-state index in [0.717, 1.165) is 11.0 Å². The van der Waals surface area contributed by atoms with E-state index < -0.39 is 48.7 Å². The van der Waals surface area contributed by atoms with Crippen molar-refractivity contribution in [1.29, 1.82) is 0 Å². The Balaban J connectivity index is 1.86. The Bertz CT molecular complexity index is 1220. The summed E-state index contributed by atoms with van der Waals surface area (Å²) in [6.45, 7) is 0.422. The molecular weight excluding hydrogens is 521 g/mol. The fraction of sp³-hybridized carbons (Fsp3) is 0.391. The minimum atomic E-state index is -3.11. The summed E-state index contributed by atoms with van der Waals surface area (Å²) in [5, 5.41) is 14.5. The third-order valence-electron chi connectivity index (χ3n) is 5.84. The molecule has 1 unspecified atom stereocenters. The molecule has 36 heavy (non-hydrogen) atoms. The van der Waals surface area contributed by atoms with Gasteiger partial charge in [0.2, 0.25) is 0 Å². The number of piperidine rings is 1. The number of aliphatic carboxylic acids is 1. The number of amidine groups is 1. The van der Waals surface area contributed by atoms with Crippen LogP contribution in [0.3, 0.4) is 0 Å². The van der Waals surface area contributed by atoms with E-state index in [2.05, 4.69) is 15.3 Å². The van der Waals surface area contributed by atoms with Gasteiger partial charge >= 0.3 is 11.9 Å². The third-order valence-corrected chi connectivity index (χ3v) is 7.02. The molecule has 1 saturated heterocycles. The number of carboxylic acids is 1. The summed E-state index contributed by atoms with van der Waals surface area (Å²) in [5.74, 6) is -5.71. The highest BCUT2D eigenvalue weighted by Gasteiger charge is 2.44. The van der Waals surface area contributed by atoms with Crippen LogP contribution in [0.5, 0.6) is 0 Å².